The summed E-state index contributed by atoms with van der Waals surface area (Å²) in [5.74, 6) is 1.18. The summed E-state index contributed by atoms with van der Waals surface area (Å²) in [5, 5.41) is 3.10. The van der Waals surface area contributed by atoms with Gasteiger partial charge in [-0.25, -0.2) is 0 Å². The van der Waals surface area contributed by atoms with E-state index in [-0.39, 0.29) is 11.9 Å². The van der Waals surface area contributed by atoms with Gasteiger partial charge >= 0.3 is 0 Å². The predicted octanol–water partition coefficient (Wildman–Crippen LogP) is 3.13. The van der Waals surface area contributed by atoms with Crippen LogP contribution in [0.5, 0.6) is 5.75 Å². The number of ether oxygens (including phenoxy) is 2. The van der Waals surface area contributed by atoms with Crippen LogP contribution in [0.15, 0.2) is 48.5 Å². The molecule has 0 radical (unpaired) electrons. The topological polar surface area (TPSA) is 47.6 Å². The number of carbonyl (C=O) groups excluding carboxylic acids is 1. The molecule has 3 rings (SSSR count). The zero-order valence-corrected chi connectivity index (χ0v) is 13.4. The molecular weight excluding hydrogens is 290 g/mol. The second kappa shape index (κ2) is 6.84. The molecule has 0 heterocycles. The summed E-state index contributed by atoms with van der Waals surface area (Å²) in [6, 6.07) is 15.7. The summed E-state index contributed by atoms with van der Waals surface area (Å²) in [4.78, 5) is 12.4. The zero-order valence-electron chi connectivity index (χ0n) is 13.4. The van der Waals surface area contributed by atoms with Crippen molar-refractivity contribution >= 4 is 5.91 Å². The van der Waals surface area contributed by atoms with E-state index in [1.54, 1.807) is 14.2 Å². The molecule has 0 unspecified atom stereocenters. The molecule has 1 saturated carbocycles. The lowest BCUT2D eigenvalue weighted by atomic mass is 10.1. The van der Waals surface area contributed by atoms with Crippen LogP contribution in [0.25, 0.3) is 0 Å². The highest BCUT2D eigenvalue weighted by atomic mass is 16.5. The molecule has 0 aliphatic heterocycles. The standard InChI is InChI=1S/C19H21NO3/c1-22-12-13-6-5-7-14(10-13)19(21)20-17-11-16(17)15-8-3-4-9-18(15)23-2/h3-10,16-17H,11-12H2,1-2H3,(H,20,21)/t16-,17+/m1/s1. The third-order valence-corrected chi connectivity index (χ3v) is 4.15. The van der Waals surface area contributed by atoms with Crippen LogP contribution in [0.1, 0.15) is 33.8 Å². The first kappa shape index (κ1) is 15.6. The number of hydrogen-bond acceptors (Lipinski definition) is 3. The largest absolute Gasteiger partial charge is 0.496 e. The van der Waals surface area contributed by atoms with E-state index in [0.29, 0.717) is 18.1 Å². The van der Waals surface area contributed by atoms with Gasteiger partial charge in [0.1, 0.15) is 5.75 Å². The van der Waals surface area contributed by atoms with Crippen LogP contribution < -0.4 is 10.1 Å². The smallest absolute Gasteiger partial charge is 0.251 e. The molecule has 1 fully saturated rings. The van der Waals surface area contributed by atoms with Gasteiger partial charge in [-0.1, -0.05) is 30.3 Å². The quantitative estimate of drug-likeness (QED) is 0.891. The second-order valence-electron chi connectivity index (χ2n) is 5.80. The fourth-order valence-corrected chi connectivity index (χ4v) is 2.89. The van der Waals surface area contributed by atoms with E-state index in [1.807, 2.05) is 42.5 Å². The number of hydrogen-bond donors (Lipinski definition) is 1. The maximum atomic E-state index is 12.4. The first-order chi connectivity index (χ1) is 11.2. The fourth-order valence-electron chi connectivity index (χ4n) is 2.89. The van der Waals surface area contributed by atoms with Crippen LogP contribution in [-0.2, 0) is 11.3 Å². The van der Waals surface area contributed by atoms with Crippen molar-refractivity contribution in [2.75, 3.05) is 14.2 Å². The third kappa shape index (κ3) is 3.54. The highest BCUT2D eigenvalue weighted by Gasteiger charge is 2.41. The molecule has 1 amide bonds. The van der Waals surface area contributed by atoms with Crippen LogP contribution >= 0.6 is 0 Å². The van der Waals surface area contributed by atoms with Gasteiger partial charge in [0, 0.05) is 24.6 Å². The minimum Gasteiger partial charge on any atom is -0.496 e. The van der Waals surface area contributed by atoms with E-state index in [9.17, 15) is 4.79 Å². The van der Waals surface area contributed by atoms with Gasteiger partial charge in [-0.3, -0.25) is 4.79 Å². The SMILES string of the molecule is COCc1cccc(C(=O)N[C@H]2C[C@@H]2c2ccccc2OC)c1. The van der Waals surface area contributed by atoms with Crippen LogP contribution in [0.3, 0.4) is 0 Å². The number of nitrogens with one attached hydrogen (secondary N) is 1. The number of para-hydroxylation sites is 1. The molecule has 1 aliphatic carbocycles. The Hall–Kier alpha value is -2.33. The Kier molecular flexibility index (Phi) is 4.63. The maximum absolute atomic E-state index is 12.4. The summed E-state index contributed by atoms with van der Waals surface area (Å²) in [7, 11) is 3.32. The van der Waals surface area contributed by atoms with Crippen molar-refractivity contribution < 1.29 is 14.3 Å². The molecule has 1 N–H and O–H groups in total. The Morgan fingerprint density at radius 3 is 2.78 bits per heavy atom. The van der Waals surface area contributed by atoms with Crippen LogP contribution in [-0.4, -0.2) is 26.2 Å². The predicted molar refractivity (Wildman–Crippen MR) is 88.8 cm³/mol. The molecule has 1 aliphatic rings. The zero-order chi connectivity index (χ0) is 16.2. The molecule has 0 saturated heterocycles. The van der Waals surface area contributed by atoms with Gasteiger partial charge in [0.2, 0.25) is 0 Å². The minimum absolute atomic E-state index is 0.0367. The van der Waals surface area contributed by atoms with E-state index in [4.69, 9.17) is 9.47 Å². The van der Waals surface area contributed by atoms with Crippen molar-refractivity contribution in [3.8, 4) is 5.75 Å². The Bertz CT molecular complexity index is 699. The summed E-state index contributed by atoms with van der Waals surface area (Å²) >= 11 is 0. The van der Waals surface area contributed by atoms with Crippen LogP contribution in [0.4, 0.5) is 0 Å². The van der Waals surface area contributed by atoms with Gasteiger partial charge < -0.3 is 14.8 Å². The summed E-state index contributed by atoms with van der Waals surface area (Å²) in [6.45, 7) is 0.508. The van der Waals surface area contributed by atoms with Crippen LogP contribution in [0, 0.1) is 0 Å². The summed E-state index contributed by atoms with van der Waals surface area (Å²) in [5.41, 5.74) is 2.83. The normalized spacial score (nSPS) is 19.2. The van der Waals surface area contributed by atoms with E-state index in [0.717, 1.165) is 23.3 Å². The first-order valence-electron chi connectivity index (χ1n) is 7.74. The van der Waals surface area contributed by atoms with Crippen molar-refractivity contribution in [1.29, 1.82) is 0 Å². The lowest BCUT2D eigenvalue weighted by Crippen LogP contribution is -2.26. The molecule has 2 aromatic carbocycles. The van der Waals surface area contributed by atoms with Crippen LogP contribution in [0.2, 0.25) is 0 Å². The molecule has 120 valence electrons. The van der Waals surface area contributed by atoms with Crippen molar-refractivity contribution in [3.05, 3.63) is 65.2 Å². The van der Waals surface area contributed by atoms with Gasteiger partial charge in [0.25, 0.3) is 5.91 Å². The highest BCUT2D eigenvalue weighted by Crippen LogP contribution is 2.44. The monoisotopic (exact) mass is 311 g/mol. The number of methoxy groups -OCH3 is 2. The Labute approximate surface area is 136 Å². The molecule has 0 aromatic heterocycles. The number of amides is 1. The first-order valence-corrected chi connectivity index (χ1v) is 7.74. The van der Waals surface area contributed by atoms with Crippen molar-refractivity contribution in [2.45, 2.75) is 25.0 Å². The van der Waals surface area contributed by atoms with E-state index < -0.39 is 0 Å². The molecule has 2 aromatic rings. The second-order valence-corrected chi connectivity index (χ2v) is 5.80. The molecule has 4 heteroatoms. The van der Waals surface area contributed by atoms with E-state index >= 15 is 0 Å². The molecule has 2 atom stereocenters. The lowest BCUT2D eigenvalue weighted by molar-refractivity contribution is 0.0950. The van der Waals surface area contributed by atoms with Gasteiger partial charge in [0.15, 0.2) is 0 Å². The van der Waals surface area contributed by atoms with Crippen molar-refractivity contribution in [2.24, 2.45) is 0 Å². The number of rotatable bonds is 6. The van der Waals surface area contributed by atoms with Crippen molar-refractivity contribution in [1.82, 2.24) is 5.32 Å². The number of carbonyl (C=O) groups is 1. The maximum Gasteiger partial charge on any atom is 0.251 e. The Balaban J connectivity index is 1.65. The lowest BCUT2D eigenvalue weighted by Gasteiger charge is -2.09. The van der Waals surface area contributed by atoms with E-state index in [1.165, 1.54) is 0 Å². The Morgan fingerprint density at radius 2 is 2.00 bits per heavy atom. The molecule has 0 spiro atoms. The average molecular weight is 311 g/mol. The average Bonchev–Trinajstić information content (AvgIpc) is 3.34. The van der Waals surface area contributed by atoms with Gasteiger partial charge in [-0.05, 0) is 35.7 Å². The van der Waals surface area contributed by atoms with Gasteiger partial charge in [0.05, 0.1) is 13.7 Å². The molecule has 23 heavy (non-hydrogen) atoms. The fraction of sp³-hybridized carbons (Fsp3) is 0.316. The molecule has 0 bridgehead atoms. The molecule has 4 nitrogen and oxygen atoms in total. The minimum atomic E-state index is -0.0367. The summed E-state index contributed by atoms with van der Waals surface area (Å²) < 4.78 is 10.5. The Morgan fingerprint density at radius 1 is 1.17 bits per heavy atom. The summed E-state index contributed by atoms with van der Waals surface area (Å²) in [6.07, 6.45) is 0.948. The van der Waals surface area contributed by atoms with Gasteiger partial charge in [-0.2, -0.15) is 0 Å². The number of benzene rings is 2. The highest BCUT2D eigenvalue weighted by molar-refractivity contribution is 5.94. The van der Waals surface area contributed by atoms with Gasteiger partial charge in [-0.15, -0.1) is 0 Å². The third-order valence-electron chi connectivity index (χ3n) is 4.15. The van der Waals surface area contributed by atoms with Crippen molar-refractivity contribution in [3.63, 3.8) is 0 Å². The molecular formula is C19H21NO3. The van der Waals surface area contributed by atoms with E-state index in [2.05, 4.69) is 11.4 Å².